The van der Waals surface area contributed by atoms with E-state index in [0.717, 1.165) is 47.8 Å². The lowest BCUT2D eigenvalue weighted by molar-refractivity contribution is -0.115. The number of fused-ring (bicyclic) bond motifs is 1. The zero-order valence-corrected chi connectivity index (χ0v) is 19.7. The van der Waals surface area contributed by atoms with Gasteiger partial charge < -0.3 is 10.4 Å². The van der Waals surface area contributed by atoms with E-state index in [1.807, 2.05) is 0 Å². The average Bonchev–Trinajstić information content (AvgIpc) is 2.79. The number of hydrogen-bond donors (Lipinski definition) is 2. The third-order valence-electron chi connectivity index (χ3n) is 8.78. The molecule has 0 radical (unpaired) electrons. The Labute approximate surface area is 199 Å². The lowest BCUT2D eigenvalue weighted by atomic mass is 9.48. The van der Waals surface area contributed by atoms with Crippen molar-refractivity contribution >= 4 is 17.4 Å². The number of nitrogens with one attached hydrogen (secondary N) is 1. The van der Waals surface area contributed by atoms with E-state index in [1.54, 1.807) is 18.5 Å². The smallest absolute Gasteiger partial charge is 0.133 e. The molecule has 0 spiro atoms. The molecular formula is C26H32ClFN4O. The molecule has 4 saturated carbocycles. The van der Waals surface area contributed by atoms with Crippen LogP contribution in [0.15, 0.2) is 24.5 Å². The predicted octanol–water partition coefficient (Wildman–Crippen LogP) is 4.82. The van der Waals surface area contributed by atoms with E-state index in [-0.39, 0.29) is 17.3 Å². The van der Waals surface area contributed by atoms with Crippen LogP contribution in [0, 0.1) is 29.0 Å². The summed E-state index contributed by atoms with van der Waals surface area (Å²) in [5.41, 5.74) is 2.72. The van der Waals surface area contributed by atoms with E-state index in [0.29, 0.717) is 30.2 Å². The second kappa shape index (κ2) is 8.47. The number of halogens is 2. The molecule has 0 saturated heterocycles. The van der Waals surface area contributed by atoms with Crippen LogP contribution in [0.2, 0.25) is 5.02 Å². The zero-order chi connectivity index (χ0) is 22.6. The molecule has 1 aromatic heterocycles. The second-order valence-corrected chi connectivity index (χ2v) is 11.4. The molecule has 7 heteroatoms. The molecule has 1 unspecified atom stereocenters. The maximum absolute atomic E-state index is 14.2. The molecule has 1 atom stereocenters. The van der Waals surface area contributed by atoms with Gasteiger partial charge in [-0.05, 0) is 80.2 Å². The van der Waals surface area contributed by atoms with Gasteiger partial charge in [0.2, 0.25) is 0 Å². The van der Waals surface area contributed by atoms with Crippen LogP contribution >= 0.6 is 11.6 Å². The highest BCUT2D eigenvalue weighted by atomic mass is 35.5. The number of aliphatic hydroxyl groups is 1. The minimum atomic E-state index is -0.334. The summed E-state index contributed by atoms with van der Waals surface area (Å²) < 4.78 is 14.2. The van der Waals surface area contributed by atoms with Crippen molar-refractivity contribution < 1.29 is 9.50 Å². The van der Waals surface area contributed by atoms with E-state index in [1.165, 1.54) is 44.6 Å². The third-order valence-corrected chi connectivity index (χ3v) is 9.14. The maximum Gasteiger partial charge on any atom is 0.133 e. The first-order chi connectivity index (χ1) is 16.0. The highest BCUT2D eigenvalue weighted by Gasteiger charge is 2.53. The molecule has 4 fully saturated rings. The number of hydrogen-bond acceptors (Lipinski definition) is 5. The molecule has 4 bridgehead atoms. The standard InChI is InChI=1S/C26H32ClFN4O/c27-21-2-1-3-22(28)20(21)13-32-5-4-19-23(14-32)30-15-31-25(19)29-12-24(33)26-9-16-6-17(10-26)8-18(7-16)11-26/h1-3,15-18,24,33H,4-14H2,(H,29,30,31). The summed E-state index contributed by atoms with van der Waals surface area (Å²) in [6.45, 7) is 2.43. The van der Waals surface area contributed by atoms with E-state index in [2.05, 4.69) is 20.2 Å². The first-order valence-electron chi connectivity index (χ1n) is 12.4. The van der Waals surface area contributed by atoms with Gasteiger partial charge in [0.05, 0.1) is 11.8 Å². The average molecular weight is 471 g/mol. The summed E-state index contributed by atoms with van der Waals surface area (Å²) in [5.74, 6) is 3.05. The van der Waals surface area contributed by atoms with Crippen LogP contribution in [0.1, 0.15) is 55.3 Å². The van der Waals surface area contributed by atoms with Crippen molar-refractivity contribution in [2.24, 2.45) is 23.2 Å². The van der Waals surface area contributed by atoms with Gasteiger partial charge in [0.1, 0.15) is 18.0 Å². The van der Waals surface area contributed by atoms with Crippen LogP contribution in [0.4, 0.5) is 10.2 Å². The second-order valence-electron chi connectivity index (χ2n) is 11.0. The van der Waals surface area contributed by atoms with Gasteiger partial charge in [-0.25, -0.2) is 14.4 Å². The van der Waals surface area contributed by atoms with Gasteiger partial charge in [-0.15, -0.1) is 0 Å². The number of rotatable bonds is 6. The lowest BCUT2D eigenvalue weighted by Crippen LogP contribution is -2.53. The van der Waals surface area contributed by atoms with Crippen molar-refractivity contribution in [3.8, 4) is 0 Å². The SMILES string of the molecule is OC(CNc1ncnc2c1CCN(Cc1c(F)cccc1Cl)C2)C12CC3CC(CC(C3)C1)C2. The zero-order valence-electron chi connectivity index (χ0n) is 18.9. The molecule has 1 aliphatic heterocycles. The topological polar surface area (TPSA) is 61.3 Å². The summed E-state index contributed by atoms with van der Waals surface area (Å²) in [6.07, 6.45) is 9.77. The molecule has 2 heterocycles. The molecule has 1 aromatic carbocycles. The number of nitrogens with zero attached hydrogens (tertiary/aromatic N) is 3. The van der Waals surface area contributed by atoms with Gasteiger partial charge in [-0.3, -0.25) is 4.90 Å². The fourth-order valence-electron chi connectivity index (χ4n) is 7.60. The van der Waals surface area contributed by atoms with Crippen molar-refractivity contribution in [3.05, 3.63) is 52.2 Å². The third kappa shape index (κ3) is 4.04. The molecule has 176 valence electrons. The molecule has 33 heavy (non-hydrogen) atoms. The van der Waals surface area contributed by atoms with Gasteiger partial charge in [-0.1, -0.05) is 17.7 Å². The quantitative estimate of drug-likeness (QED) is 0.634. The Morgan fingerprint density at radius 1 is 1.15 bits per heavy atom. The molecule has 7 rings (SSSR count). The lowest BCUT2D eigenvalue weighted by Gasteiger charge is -2.58. The first kappa shape index (κ1) is 21.8. The summed E-state index contributed by atoms with van der Waals surface area (Å²) >= 11 is 6.23. The van der Waals surface area contributed by atoms with Crippen LogP contribution in [0.3, 0.4) is 0 Å². The molecule has 2 N–H and O–H groups in total. The van der Waals surface area contributed by atoms with Crippen molar-refractivity contribution in [2.45, 2.75) is 64.1 Å². The highest BCUT2D eigenvalue weighted by molar-refractivity contribution is 6.31. The molecule has 0 amide bonds. The number of aliphatic hydroxyl groups excluding tert-OH is 1. The molecule has 5 aliphatic rings. The van der Waals surface area contributed by atoms with Crippen molar-refractivity contribution in [1.29, 1.82) is 0 Å². The Morgan fingerprint density at radius 3 is 2.58 bits per heavy atom. The van der Waals surface area contributed by atoms with E-state index in [9.17, 15) is 9.50 Å². The molecule has 4 aliphatic carbocycles. The Hall–Kier alpha value is -1.76. The Kier molecular flexibility index (Phi) is 5.58. The monoisotopic (exact) mass is 470 g/mol. The Bertz CT molecular complexity index is 991. The minimum Gasteiger partial charge on any atom is -0.391 e. The predicted molar refractivity (Wildman–Crippen MR) is 126 cm³/mol. The Morgan fingerprint density at radius 2 is 1.88 bits per heavy atom. The molecular weight excluding hydrogens is 439 g/mol. The van der Waals surface area contributed by atoms with Crippen LogP contribution in [0.25, 0.3) is 0 Å². The van der Waals surface area contributed by atoms with Crippen molar-refractivity contribution in [2.75, 3.05) is 18.4 Å². The number of aromatic nitrogens is 2. The van der Waals surface area contributed by atoms with Gasteiger partial charge >= 0.3 is 0 Å². The summed E-state index contributed by atoms with van der Waals surface area (Å²) in [7, 11) is 0. The van der Waals surface area contributed by atoms with Gasteiger partial charge in [0.25, 0.3) is 0 Å². The summed E-state index contributed by atoms with van der Waals surface area (Å²) in [5, 5.41) is 15.2. The normalized spacial score (nSPS) is 31.4. The number of anilines is 1. The fraction of sp³-hybridized carbons (Fsp3) is 0.615. The van der Waals surface area contributed by atoms with Gasteiger partial charge in [0.15, 0.2) is 0 Å². The Balaban J connectivity index is 1.13. The van der Waals surface area contributed by atoms with E-state index < -0.39 is 0 Å². The van der Waals surface area contributed by atoms with Crippen LogP contribution < -0.4 is 5.32 Å². The van der Waals surface area contributed by atoms with Gasteiger partial charge in [-0.2, -0.15) is 0 Å². The molecule has 2 aromatic rings. The maximum atomic E-state index is 14.2. The summed E-state index contributed by atoms with van der Waals surface area (Å²) in [4.78, 5) is 11.2. The van der Waals surface area contributed by atoms with Crippen LogP contribution in [0.5, 0.6) is 0 Å². The van der Waals surface area contributed by atoms with Gasteiger partial charge in [0, 0.05) is 42.3 Å². The highest BCUT2D eigenvalue weighted by Crippen LogP contribution is 2.61. The van der Waals surface area contributed by atoms with Crippen molar-refractivity contribution in [1.82, 2.24) is 14.9 Å². The van der Waals surface area contributed by atoms with Crippen LogP contribution in [-0.2, 0) is 19.5 Å². The number of benzene rings is 1. The van der Waals surface area contributed by atoms with E-state index in [4.69, 9.17) is 11.6 Å². The van der Waals surface area contributed by atoms with E-state index >= 15 is 0 Å². The fourth-order valence-corrected chi connectivity index (χ4v) is 7.82. The van der Waals surface area contributed by atoms with Crippen molar-refractivity contribution in [3.63, 3.8) is 0 Å². The first-order valence-corrected chi connectivity index (χ1v) is 12.8. The van der Waals surface area contributed by atoms with Crippen LogP contribution in [-0.4, -0.2) is 39.2 Å². The largest absolute Gasteiger partial charge is 0.391 e. The molecule has 5 nitrogen and oxygen atoms in total. The minimum absolute atomic E-state index is 0.102. The summed E-state index contributed by atoms with van der Waals surface area (Å²) in [6, 6.07) is 4.82.